The van der Waals surface area contributed by atoms with E-state index < -0.39 is 10.3 Å². The molecule has 156 valence electrons. The van der Waals surface area contributed by atoms with E-state index in [9.17, 15) is 14.9 Å². The number of esters is 1. The number of nitro groups is 1. The summed E-state index contributed by atoms with van der Waals surface area (Å²) >= 11 is 0. The van der Waals surface area contributed by atoms with Crippen molar-refractivity contribution in [3.05, 3.63) is 34.4 Å². The predicted octanol–water partition coefficient (Wildman–Crippen LogP) is 3.54. The summed E-state index contributed by atoms with van der Waals surface area (Å²) in [5.41, 5.74) is -0.401. The first-order valence-electron chi connectivity index (χ1n) is 9.40. The maximum Gasteiger partial charge on any atom is 0.311 e. The van der Waals surface area contributed by atoms with Crippen LogP contribution in [0.25, 0.3) is 0 Å². The number of non-ortho nitro benzene ring substituents is 1. The van der Waals surface area contributed by atoms with Crippen LogP contribution in [-0.2, 0) is 9.53 Å². The minimum atomic E-state index is -0.487. The Labute approximate surface area is 174 Å². The molecule has 0 atom stereocenters. The minimum Gasteiger partial charge on any atom is -0.464 e. The third-order valence-corrected chi connectivity index (χ3v) is 7.15. The molecule has 0 aromatic heterocycles. The molecule has 0 N–H and O–H groups in total. The van der Waals surface area contributed by atoms with Crippen molar-refractivity contribution in [3.8, 4) is 0 Å². The van der Waals surface area contributed by atoms with Gasteiger partial charge in [0.15, 0.2) is 0 Å². The lowest BCUT2D eigenvalue weighted by Gasteiger charge is -2.34. The molecular weight excluding hydrogens is 398 g/mol. The molecule has 1 aromatic carbocycles. The SMILES string of the molecule is CN1CCN(CCC(C)(C)C(=O)OCCSSc2ccc([N+](=O)[O-])cc2)CC1. The first-order chi connectivity index (χ1) is 13.3. The van der Waals surface area contributed by atoms with Crippen LogP contribution in [0.4, 0.5) is 5.69 Å². The lowest BCUT2D eigenvalue weighted by Crippen LogP contribution is -2.45. The van der Waals surface area contributed by atoms with Crippen molar-refractivity contribution in [2.45, 2.75) is 25.2 Å². The van der Waals surface area contributed by atoms with Gasteiger partial charge in [-0.2, -0.15) is 0 Å². The average Bonchev–Trinajstić information content (AvgIpc) is 2.67. The van der Waals surface area contributed by atoms with Gasteiger partial charge in [0.25, 0.3) is 5.69 Å². The van der Waals surface area contributed by atoms with E-state index >= 15 is 0 Å². The van der Waals surface area contributed by atoms with Crippen molar-refractivity contribution >= 4 is 33.2 Å². The second kappa shape index (κ2) is 11.0. The van der Waals surface area contributed by atoms with Gasteiger partial charge >= 0.3 is 5.97 Å². The van der Waals surface area contributed by atoms with Gasteiger partial charge in [0.2, 0.25) is 0 Å². The standard InChI is InChI=1S/C19H29N3O4S2/c1-19(2,8-9-21-12-10-20(3)11-13-21)18(23)26-14-15-27-28-17-6-4-16(5-7-17)22(24)25/h4-7H,8-15H2,1-3H3. The average molecular weight is 428 g/mol. The third-order valence-electron chi connectivity index (χ3n) is 4.80. The summed E-state index contributed by atoms with van der Waals surface area (Å²) in [6, 6.07) is 6.43. The molecule has 2 rings (SSSR count). The molecule has 0 amide bonds. The number of carbonyl (C=O) groups is 1. The summed E-state index contributed by atoms with van der Waals surface area (Å²) in [4.78, 5) is 28.3. The minimum absolute atomic E-state index is 0.0853. The number of benzene rings is 1. The molecule has 0 aliphatic carbocycles. The maximum absolute atomic E-state index is 12.4. The van der Waals surface area contributed by atoms with Crippen molar-refractivity contribution in [1.82, 2.24) is 9.80 Å². The molecule has 28 heavy (non-hydrogen) atoms. The Morgan fingerprint density at radius 1 is 1.21 bits per heavy atom. The van der Waals surface area contributed by atoms with Gasteiger partial charge in [-0.05, 0) is 46.0 Å². The van der Waals surface area contributed by atoms with Gasteiger partial charge < -0.3 is 14.5 Å². The highest BCUT2D eigenvalue weighted by atomic mass is 33.1. The van der Waals surface area contributed by atoms with Crippen molar-refractivity contribution in [2.75, 3.05) is 52.1 Å². The molecule has 1 heterocycles. The van der Waals surface area contributed by atoms with Crippen molar-refractivity contribution in [2.24, 2.45) is 5.41 Å². The van der Waals surface area contributed by atoms with Crippen LogP contribution in [0.5, 0.6) is 0 Å². The highest BCUT2D eigenvalue weighted by Gasteiger charge is 2.30. The normalized spacial score (nSPS) is 16.1. The quantitative estimate of drug-likeness (QED) is 0.184. The summed E-state index contributed by atoms with van der Waals surface area (Å²) in [6.45, 7) is 9.44. The summed E-state index contributed by atoms with van der Waals surface area (Å²) in [7, 11) is 5.22. The zero-order valence-electron chi connectivity index (χ0n) is 16.8. The molecule has 0 spiro atoms. The Balaban J connectivity index is 1.61. The largest absolute Gasteiger partial charge is 0.464 e. The van der Waals surface area contributed by atoms with Gasteiger partial charge in [0.1, 0.15) is 6.61 Å². The highest BCUT2D eigenvalue weighted by Crippen LogP contribution is 2.32. The van der Waals surface area contributed by atoms with Crippen LogP contribution >= 0.6 is 21.6 Å². The number of carbonyl (C=O) groups excluding carboxylic acids is 1. The smallest absolute Gasteiger partial charge is 0.311 e. The van der Waals surface area contributed by atoms with E-state index in [4.69, 9.17) is 4.74 Å². The summed E-state index contributed by atoms with van der Waals surface area (Å²) in [6.07, 6.45) is 0.792. The fourth-order valence-electron chi connectivity index (χ4n) is 2.71. The van der Waals surface area contributed by atoms with E-state index in [1.807, 2.05) is 13.8 Å². The molecule has 1 aliphatic heterocycles. The first-order valence-corrected chi connectivity index (χ1v) is 11.7. The molecule has 0 saturated carbocycles. The lowest BCUT2D eigenvalue weighted by molar-refractivity contribution is -0.384. The molecule has 1 saturated heterocycles. The van der Waals surface area contributed by atoms with E-state index in [-0.39, 0.29) is 11.7 Å². The predicted molar refractivity (Wildman–Crippen MR) is 115 cm³/mol. The second-order valence-electron chi connectivity index (χ2n) is 7.57. The fraction of sp³-hybridized carbons (Fsp3) is 0.632. The van der Waals surface area contributed by atoms with Crippen molar-refractivity contribution < 1.29 is 14.5 Å². The lowest BCUT2D eigenvalue weighted by atomic mass is 9.89. The third kappa shape index (κ3) is 7.62. The summed E-state index contributed by atoms with van der Waals surface area (Å²) in [5, 5.41) is 10.6. The number of likely N-dealkylation sites (N-methyl/N-ethyl adjacent to an activating group) is 1. The molecule has 7 nitrogen and oxygen atoms in total. The van der Waals surface area contributed by atoms with Crippen LogP contribution in [0, 0.1) is 15.5 Å². The first kappa shape index (κ1) is 23.0. The molecule has 0 radical (unpaired) electrons. The van der Waals surface area contributed by atoms with E-state index in [1.54, 1.807) is 22.9 Å². The zero-order valence-corrected chi connectivity index (χ0v) is 18.4. The van der Waals surface area contributed by atoms with Gasteiger partial charge in [0, 0.05) is 49.0 Å². The van der Waals surface area contributed by atoms with Crippen LogP contribution in [0.1, 0.15) is 20.3 Å². The van der Waals surface area contributed by atoms with Crippen LogP contribution in [0.15, 0.2) is 29.2 Å². The number of nitrogens with zero attached hydrogens (tertiary/aromatic N) is 3. The van der Waals surface area contributed by atoms with E-state index in [2.05, 4.69) is 16.8 Å². The molecule has 9 heteroatoms. The van der Waals surface area contributed by atoms with E-state index in [0.29, 0.717) is 12.4 Å². The van der Waals surface area contributed by atoms with E-state index in [1.165, 1.54) is 22.9 Å². The number of ether oxygens (including phenoxy) is 1. The Hall–Kier alpha value is -1.29. The van der Waals surface area contributed by atoms with Gasteiger partial charge in [0.05, 0.1) is 10.3 Å². The zero-order chi connectivity index (χ0) is 20.6. The number of hydrogen-bond acceptors (Lipinski definition) is 8. The summed E-state index contributed by atoms with van der Waals surface area (Å²) < 4.78 is 5.46. The molecule has 0 bridgehead atoms. The van der Waals surface area contributed by atoms with E-state index in [0.717, 1.165) is 44.0 Å². The van der Waals surface area contributed by atoms with Gasteiger partial charge in [-0.1, -0.05) is 21.6 Å². The van der Waals surface area contributed by atoms with Gasteiger partial charge in [-0.25, -0.2) is 0 Å². The topological polar surface area (TPSA) is 75.9 Å². The van der Waals surface area contributed by atoms with Crippen molar-refractivity contribution in [1.29, 1.82) is 0 Å². The number of nitro benzene ring substituents is 1. The van der Waals surface area contributed by atoms with Crippen molar-refractivity contribution in [3.63, 3.8) is 0 Å². The second-order valence-corrected chi connectivity index (χ2v) is 10.1. The number of rotatable bonds is 10. The van der Waals surface area contributed by atoms with Crippen LogP contribution in [0.3, 0.4) is 0 Å². The molecule has 1 aromatic rings. The monoisotopic (exact) mass is 427 g/mol. The molecular formula is C19H29N3O4S2. The van der Waals surface area contributed by atoms with Gasteiger partial charge in [-0.3, -0.25) is 14.9 Å². The molecule has 0 unspecified atom stereocenters. The van der Waals surface area contributed by atoms with Crippen LogP contribution in [0.2, 0.25) is 0 Å². The Bertz CT molecular complexity index is 647. The Morgan fingerprint density at radius 2 is 1.86 bits per heavy atom. The summed E-state index contributed by atoms with van der Waals surface area (Å²) in [5.74, 6) is 0.518. The highest BCUT2D eigenvalue weighted by molar-refractivity contribution is 8.76. The van der Waals surface area contributed by atoms with Gasteiger partial charge in [-0.15, -0.1) is 0 Å². The van der Waals surface area contributed by atoms with Crippen LogP contribution < -0.4 is 0 Å². The number of hydrogen-bond donors (Lipinski definition) is 0. The van der Waals surface area contributed by atoms with Crippen LogP contribution in [-0.4, -0.2) is 72.8 Å². The maximum atomic E-state index is 12.4. The fourth-order valence-corrected chi connectivity index (χ4v) is 4.52. The number of piperazine rings is 1. The molecule has 1 fully saturated rings. The Morgan fingerprint density at radius 3 is 2.46 bits per heavy atom. The Kier molecular flexibility index (Phi) is 9.07. The molecule has 1 aliphatic rings.